The van der Waals surface area contributed by atoms with Gasteiger partial charge in [0, 0.05) is 6.20 Å². The molecule has 2 aromatic rings. The summed E-state index contributed by atoms with van der Waals surface area (Å²) in [6, 6.07) is 8.07. The lowest BCUT2D eigenvalue weighted by molar-refractivity contribution is 0.0988. The monoisotopic (exact) mass is 263 g/mol. The molecule has 2 rings (SSSR count). The fraction of sp³-hybridized carbons (Fsp3) is 0.143. The molecule has 18 heavy (non-hydrogen) atoms. The van der Waals surface area contributed by atoms with Gasteiger partial charge in [0.05, 0.1) is 22.7 Å². The number of aryl methyl sites for hydroxylation is 1. The number of carbonyl (C=O) groups excluding carboxylic acids is 1. The van der Waals surface area contributed by atoms with Gasteiger partial charge in [0.15, 0.2) is 11.6 Å². The molecule has 4 heteroatoms. The van der Waals surface area contributed by atoms with Gasteiger partial charge in [0.25, 0.3) is 0 Å². The van der Waals surface area contributed by atoms with Crippen LogP contribution in [0.1, 0.15) is 21.6 Å². The van der Waals surface area contributed by atoms with Crippen LogP contribution in [-0.2, 0) is 6.42 Å². The molecule has 0 bridgehead atoms. The average Bonchev–Trinajstić information content (AvgIpc) is 2.35. The van der Waals surface area contributed by atoms with Crippen LogP contribution < -0.4 is 0 Å². The number of nitrogens with zero attached hydrogens (tertiary/aromatic N) is 1. The third kappa shape index (κ3) is 2.57. The van der Waals surface area contributed by atoms with Crippen LogP contribution in [0.5, 0.6) is 0 Å². The largest absolute Gasteiger partial charge is 0.294 e. The summed E-state index contributed by atoms with van der Waals surface area (Å²) in [5.74, 6) is -0.991. The van der Waals surface area contributed by atoms with E-state index in [-0.39, 0.29) is 22.8 Å². The van der Waals surface area contributed by atoms with Crippen molar-refractivity contribution >= 4 is 17.4 Å². The van der Waals surface area contributed by atoms with Crippen LogP contribution in [0, 0.1) is 12.7 Å². The van der Waals surface area contributed by atoms with Gasteiger partial charge in [0.1, 0.15) is 0 Å². The molecule has 0 fully saturated rings. The summed E-state index contributed by atoms with van der Waals surface area (Å²) in [5, 5.41) is -0.0430. The van der Waals surface area contributed by atoms with E-state index in [9.17, 15) is 9.18 Å². The van der Waals surface area contributed by atoms with Gasteiger partial charge in [-0.3, -0.25) is 9.78 Å². The van der Waals surface area contributed by atoms with Crippen LogP contribution >= 0.6 is 11.6 Å². The van der Waals surface area contributed by atoms with Gasteiger partial charge in [-0.25, -0.2) is 4.39 Å². The Morgan fingerprint density at radius 3 is 2.83 bits per heavy atom. The predicted molar refractivity (Wildman–Crippen MR) is 68.4 cm³/mol. The van der Waals surface area contributed by atoms with Crippen molar-refractivity contribution in [2.45, 2.75) is 13.3 Å². The molecule has 0 aliphatic rings. The Morgan fingerprint density at radius 2 is 2.11 bits per heavy atom. The van der Waals surface area contributed by atoms with E-state index in [4.69, 9.17) is 11.6 Å². The predicted octanol–water partition coefficient (Wildman–Crippen LogP) is 3.61. The summed E-state index contributed by atoms with van der Waals surface area (Å²) < 4.78 is 13.7. The highest BCUT2D eigenvalue weighted by atomic mass is 35.5. The maximum atomic E-state index is 13.7. The van der Waals surface area contributed by atoms with Gasteiger partial charge < -0.3 is 0 Å². The summed E-state index contributed by atoms with van der Waals surface area (Å²) in [7, 11) is 0. The SMILES string of the molecule is Cc1cccnc1CC(=O)c1cccc(Cl)c1F. The maximum absolute atomic E-state index is 13.7. The first-order valence-electron chi connectivity index (χ1n) is 5.47. The topological polar surface area (TPSA) is 30.0 Å². The van der Waals surface area contributed by atoms with Crippen LogP contribution in [0.25, 0.3) is 0 Å². The Bertz CT molecular complexity index is 598. The van der Waals surface area contributed by atoms with Crippen LogP contribution in [0.2, 0.25) is 5.02 Å². The van der Waals surface area contributed by atoms with Crippen LogP contribution in [0.3, 0.4) is 0 Å². The Morgan fingerprint density at radius 1 is 1.33 bits per heavy atom. The molecule has 0 amide bonds. The molecule has 1 aromatic heterocycles. The number of carbonyl (C=O) groups is 1. The van der Waals surface area contributed by atoms with E-state index in [1.54, 1.807) is 18.3 Å². The molecular weight excluding hydrogens is 253 g/mol. The third-order valence-corrected chi connectivity index (χ3v) is 2.99. The van der Waals surface area contributed by atoms with Gasteiger partial charge in [-0.1, -0.05) is 23.7 Å². The fourth-order valence-electron chi connectivity index (χ4n) is 1.67. The van der Waals surface area contributed by atoms with Gasteiger partial charge in [0.2, 0.25) is 0 Å². The molecule has 1 heterocycles. The number of pyridine rings is 1. The Balaban J connectivity index is 2.28. The highest BCUT2D eigenvalue weighted by Crippen LogP contribution is 2.19. The van der Waals surface area contributed by atoms with Gasteiger partial charge in [-0.05, 0) is 30.7 Å². The fourth-order valence-corrected chi connectivity index (χ4v) is 1.84. The normalized spacial score (nSPS) is 10.4. The Hall–Kier alpha value is -1.74. The minimum atomic E-state index is -0.669. The first-order chi connectivity index (χ1) is 8.59. The quantitative estimate of drug-likeness (QED) is 0.792. The lowest BCUT2D eigenvalue weighted by Crippen LogP contribution is -2.08. The van der Waals surface area contributed by atoms with Crippen molar-refractivity contribution in [2.24, 2.45) is 0 Å². The third-order valence-electron chi connectivity index (χ3n) is 2.70. The second-order valence-corrected chi connectivity index (χ2v) is 4.38. The summed E-state index contributed by atoms with van der Waals surface area (Å²) in [6.07, 6.45) is 1.69. The van der Waals surface area contributed by atoms with E-state index < -0.39 is 5.82 Å². The molecule has 0 spiro atoms. The summed E-state index contributed by atoms with van der Waals surface area (Å²) in [6.45, 7) is 1.87. The molecule has 0 N–H and O–H groups in total. The highest BCUT2D eigenvalue weighted by Gasteiger charge is 2.15. The summed E-state index contributed by atoms with van der Waals surface area (Å²) in [5.41, 5.74) is 1.57. The second kappa shape index (κ2) is 5.27. The molecule has 2 nitrogen and oxygen atoms in total. The van der Waals surface area contributed by atoms with Gasteiger partial charge >= 0.3 is 0 Å². The number of Topliss-reactive ketones (excluding diaryl/α,β-unsaturated/α-hetero) is 1. The van der Waals surface area contributed by atoms with Gasteiger partial charge in [-0.2, -0.15) is 0 Å². The molecule has 1 aromatic carbocycles. The lowest BCUT2D eigenvalue weighted by atomic mass is 10.0. The van der Waals surface area contributed by atoms with Gasteiger partial charge in [-0.15, -0.1) is 0 Å². The van der Waals surface area contributed by atoms with Crippen molar-refractivity contribution in [3.8, 4) is 0 Å². The number of rotatable bonds is 3. The van der Waals surface area contributed by atoms with E-state index in [2.05, 4.69) is 4.98 Å². The number of benzene rings is 1. The molecule has 0 saturated heterocycles. The van der Waals surface area contributed by atoms with E-state index in [0.29, 0.717) is 5.69 Å². The van der Waals surface area contributed by atoms with E-state index >= 15 is 0 Å². The van der Waals surface area contributed by atoms with Crippen molar-refractivity contribution in [1.29, 1.82) is 0 Å². The summed E-state index contributed by atoms with van der Waals surface area (Å²) >= 11 is 5.65. The lowest BCUT2D eigenvalue weighted by Gasteiger charge is -2.05. The molecule has 0 aliphatic carbocycles. The minimum Gasteiger partial charge on any atom is -0.294 e. The zero-order chi connectivity index (χ0) is 13.1. The van der Waals surface area contributed by atoms with Crippen molar-refractivity contribution in [3.05, 3.63) is 64.2 Å². The van der Waals surface area contributed by atoms with Crippen molar-refractivity contribution in [3.63, 3.8) is 0 Å². The first-order valence-corrected chi connectivity index (χ1v) is 5.85. The van der Waals surface area contributed by atoms with Crippen molar-refractivity contribution < 1.29 is 9.18 Å². The first kappa shape index (κ1) is 12.7. The molecule has 0 unspecified atom stereocenters. The van der Waals surface area contributed by atoms with Crippen LogP contribution in [0.4, 0.5) is 4.39 Å². The van der Waals surface area contributed by atoms with Crippen molar-refractivity contribution in [2.75, 3.05) is 0 Å². The maximum Gasteiger partial charge on any atom is 0.171 e. The van der Waals surface area contributed by atoms with Crippen LogP contribution in [0.15, 0.2) is 36.5 Å². The molecule has 0 radical (unpaired) electrons. The molecular formula is C14H11ClFNO. The molecule has 0 saturated carbocycles. The smallest absolute Gasteiger partial charge is 0.171 e. The zero-order valence-electron chi connectivity index (χ0n) is 9.78. The number of ketones is 1. The molecule has 0 aliphatic heterocycles. The minimum absolute atomic E-state index is 0.00699. The molecule has 92 valence electrons. The Kier molecular flexibility index (Phi) is 3.72. The second-order valence-electron chi connectivity index (χ2n) is 3.97. The van der Waals surface area contributed by atoms with E-state index in [0.717, 1.165) is 5.56 Å². The summed E-state index contributed by atoms with van der Waals surface area (Å²) in [4.78, 5) is 16.1. The van der Waals surface area contributed by atoms with E-state index in [1.807, 2.05) is 13.0 Å². The van der Waals surface area contributed by atoms with Crippen LogP contribution in [-0.4, -0.2) is 10.8 Å². The number of hydrogen-bond acceptors (Lipinski definition) is 2. The average molecular weight is 264 g/mol. The van der Waals surface area contributed by atoms with Crippen molar-refractivity contribution in [1.82, 2.24) is 4.98 Å². The zero-order valence-corrected chi connectivity index (χ0v) is 10.5. The number of aromatic nitrogens is 1. The number of hydrogen-bond donors (Lipinski definition) is 0. The van der Waals surface area contributed by atoms with E-state index in [1.165, 1.54) is 12.1 Å². The molecule has 0 atom stereocenters. The number of halogens is 2. The highest BCUT2D eigenvalue weighted by molar-refractivity contribution is 6.31. The Labute approximate surface area is 109 Å². The standard InChI is InChI=1S/C14H11ClFNO/c1-9-4-3-7-17-12(9)8-13(18)10-5-2-6-11(15)14(10)16/h2-7H,8H2,1H3.